The molecule has 0 saturated heterocycles. The number of halogens is 1. The fourth-order valence-electron chi connectivity index (χ4n) is 2.15. The van der Waals surface area contributed by atoms with Crippen molar-refractivity contribution in [1.29, 1.82) is 0 Å². The monoisotopic (exact) mass is 335 g/mol. The van der Waals surface area contributed by atoms with Crippen molar-refractivity contribution in [3.63, 3.8) is 0 Å². The van der Waals surface area contributed by atoms with Crippen LogP contribution in [0.25, 0.3) is 0 Å². The third-order valence-corrected chi connectivity index (χ3v) is 4.50. The summed E-state index contributed by atoms with van der Waals surface area (Å²) in [4.78, 5) is 0. The van der Waals surface area contributed by atoms with Gasteiger partial charge in [-0.1, -0.05) is 32.9 Å². The Balaban J connectivity index is 2.08. The van der Waals surface area contributed by atoms with Crippen LogP contribution in [0.2, 0.25) is 0 Å². The maximum atomic E-state index is 4.40. The van der Waals surface area contributed by atoms with Crippen molar-refractivity contribution in [3.8, 4) is 0 Å². The molecule has 4 heteroatoms. The predicted octanol–water partition coefficient (Wildman–Crippen LogP) is 4.40. The fourth-order valence-corrected chi connectivity index (χ4v) is 2.62. The van der Waals surface area contributed by atoms with E-state index < -0.39 is 0 Å². The summed E-state index contributed by atoms with van der Waals surface area (Å²) in [7, 11) is 1.97. The number of rotatable bonds is 3. The van der Waals surface area contributed by atoms with Crippen molar-refractivity contribution >= 4 is 21.6 Å². The Kier molecular flexibility index (Phi) is 4.23. The van der Waals surface area contributed by atoms with Gasteiger partial charge in [-0.25, -0.2) is 0 Å². The van der Waals surface area contributed by atoms with Crippen LogP contribution in [-0.4, -0.2) is 9.78 Å². The Morgan fingerprint density at radius 1 is 1.20 bits per heavy atom. The van der Waals surface area contributed by atoms with Gasteiger partial charge in [-0.15, -0.1) is 0 Å². The van der Waals surface area contributed by atoms with Gasteiger partial charge in [0.2, 0.25) is 0 Å². The summed E-state index contributed by atoms with van der Waals surface area (Å²) >= 11 is 3.59. The summed E-state index contributed by atoms with van der Waals surface area (Å²) in [5.74, 6) is 0. The summed E-state index contributed by atoms with van der Waals surface area (Å²) < 4.78 is 2.99. The molecule has 0 aliphatic rings. The van der Waals surface area contributed by atoms with E-state index in [1.165, 1.54) is 5.56 Å². The number of aromatic nitrogens is 2. The first kappa shape index (κ1) is 15.1. The smallest absolute Gasteiger partial charge is 0.0739 e. The van der Waals surface area contributed by atoms with Crippen molar-refractivity contribution in [3.05, 3.63) is 45.7 Å². The van der Waals surface area contributed by atoms with Gasteiger partial charge < -0.3 is 5.32 Å². The second-order valence-corrected chi connectivity index (χ2v) is 6.94. The molecule has 0 aliphatic carbocycles. The number of hydrogen-bond donors (Lipinski definition) is 1. The number of anilines is 1. The van der Waals surface area contributed by atoms with Crippen LogP contribution in [0.3, 0.4) is 0 Å². The zero-order valence-corrected chi connectivity index (χ0v) is 14.4. The highest BCUT2D eigenvalue weighted by Crippen LogP contribution is 2.24. The van der Waals surface area contributed by atoms with Crippen LogP contribution in [0.5, 0.6) is 0 Å². The van der Waals surface area contributed by atoms with E-state index in [1.54, 1.807) is 0 Å². The molecule has 0 amide bonds. The van der Waals surface area contributed by atoms with Crippen molar-refractivity contribution in [2.75, 3.05) is 5.32 Å². The molecule has 0 atom stereocenters. The van der Waals surface area contributed by atoms with Crippen molar-refractivity contribution in [2.24, 2.45) is 7.05 Å². The van der Waals surface area contributed by atoms with Gasteiger partial charge in [-0.3, -0.25) is 4.68 Å². The van der Waals surface area contributed by atoms with E-state index in [9.17, 15) is 0 Å². The van der Waals surface area contributed by atoms with Gasteiger partial charge in [0, 0.05) is 12.7 Å². The summed E-state index contributed by atoms with van der Waals surface area (Å²) in [6.45, 7) is 9.44. The largest absolute Gasteiger partial charge is 0.379 e. The summed E-state index contributed by atoms with van der Waals surface area (Å²) in [6, 6.07) is 8.65. The SMILES string of the molecule is Cc1nn(C)c(CNc2ccc(C(C)(C)C)cc2)c1Br. The van der Waals surface area contributed by atoms with E-state index in [-0.39, 0.29) is 5.41 Å². The molecular weight excluding hydrogens is 314 g/mol. The molecule has 108 valence electrons. The Hall–Kier alpha value is -1.29. The van der Waals surface area contributed by atoms with Crippen LogP contribution < -0.4 is 5.32 Å². The average molecular weight is 336 g/mol. The van der Waals surface area contributed by atoms with Gasteiger partial charge in [0.05, 0.1) is 22.4 Å². The summed E-state index contributed by atoms with van der Waals surface area (Å²) in [5, 5.41) is 7.84. The van der Waals surface area contributed by atoms with E-state index in [4.69, 9.17) is 0 Å². The Morgan fingerprint density at radius 3 is 2.25 bits per heavy atom. The maximum absolute atomic E-state index is 4.40. The molecule has 0 unspecified atom stereocenters. The van der Waals surface area contributed by atoms with Crippen molar-refractivity contribution in [2.45, 2.75) is 39.7 Å². The zero-order chi connectivity index (χ0) is 14.9. The summed E-state index contributed by atoms with van der Waals surface area (Å²) in [5.41, 5.74) is 4.85. The van der Waals surface area contributed by atoms with E-state index in [0.717, 1.165) is 28.1 Å². The van der Waals surface area contributed by atoms with Gasteiger partial charge in [0.15, 0.2) is 0 Å². The number of aryl methyl sites for hydroxylation is 2. The lowest BCUT2D eigenvalue weighted by molar-refractivity contribution is 0.590. The molecule has 0 fully saturated rings. The van der Waals surface area contributed by atoms with E-state index in [1.807, 2.05) is 18.7 Å². The molecule has 3 nitrogen and oxygen atoms in total. The molecule has 0 radical (unpaired) electrons. The third-order valence-electron chi connectivity index (χ3n) is 3.47. The van der Waals surface area contributed by atoms with Crippen LogP contribution >= 0.6 is 15.9 Å². The predicted molar refractivity (Wildman–Crippen MR) is 88.1 cm³/mol. The normalized spacial score (nSPS) is 11.7. The van der Waals surface area contributed by atoms with Crippen LogP contribution in [0.15, 0.2) is 28.7 Å². The zero-order valence-electron chi connectivity index (χ0n) is 12.8. The van der Waals surface area contributed by atoms with Crippen LogP contribution in [-0.2, 0) is 19.0 Å². The van der Waals surface area contributed by atoms with Crippen molar-refractivity contribution < 1.29 is 0 Å². The molecule has 20 heavy (non-hydrogen) atoms. The first-order valence-electron chi connectivity index (χ1n) is 6.81. The Labute approximate surface area is 129 Å². The van der Waals surface area contributed by atoms with Crippen molar-refractivity contribution in [1.82, 2.24) is 9.78 Å². The minimum Gasteiger partial charge on any atom is -0.379 e. The molecule has 1 aromatic heterocycles. The first-order valence-corrected chi connectivity index (χ1v) is 7.60. The van der Waals surface area contributed by atoms with Gasteiger partial charge in [-0.05, 0) is 46.0 Å². The van der Waals surface area contributed by atoms with E-state index in [2.05, 4.69) is 71.4 Å². The number of nitrogens with one attached hydrogen (secondary N) is 1. The average Bonchev–Trinajstić information content (AvgIpc) is 2.61. The highest BCUT2D eigenvalue weighted by atomic mass is 79.9. The first-order chi connectivity index (χ1) is 9.29. The molecule has 0 bridgehead atoms. The number of nitrogens with zero attached hydrogens (tertiary/aromatic N) is 2. The van der Waals surface area contributed by atoms with Gasteiger partial charge in [0.25, 0.3) is 0 Å². The standard InChI is InChI=1S/C16H22BrN3/c1-11-15(17)14(20(5)19-11)10-18-13-8-6-12(7-9-13)16(2,3)4/h6-9,18H,10H2,1-5H3. The minimum absolute atomic E-state index is 0.195. The van der Waals surface area contributed by atoms with Gasteiger partial charge >= 0.3 is 0 Å². The van der Waals surface area contributed by atoms with E-state index >= 15 is 0 Å². The molecule has 1 heterocycles. The lowest BCUT2D eigenvalue weighted by Gasteiger charge is -2.19. The van der Waals surface area contributed by atoms with Gasteiger partial charge in [-0.2, -0.15) is 5.10 Å². The van der Waals surface area contributed by atoms with Crippen LogP contribution in [0.1, 0.15) is 37.7 Å². The highest BCUT2D eigenvalue weighted by molar-refractivity contribution is 9.10. The molecule has 1 aromatic carbocycles. The number of benzene rings is 1. The molecule has 1 N–H and O–H groups in total. The summed E-state index contributed by atoms with van der Waals surface area (Å²) in [6.07, 6.45) is 0. The van der Waals surface area contributed by atoms with Gasteiger partial charge in [0.1, 0.15) is 0 Å². The molecule has 2 aromatic rings. The molecular formula is C16H22BrN3. The maximum Gasteiger partial charge on any atom is 0.0739 e. The van der Waals surface area contributed by atoms with Crippen LogP contribution in [0.4, 0.5) is 5.69 Å². The minimum atomic E-state index is 0.195. The van der Waals surface area contributed by atoms with Crippen LogP contribution in [0, 0.1) is 6.92 Å². The Bertz CT molecular complexity index is 591. The molecule has 0 aliphatic heterocycles. The highest BCUT2D eigenvalue weighted by Gasteiger charge is 2.13. The lowest BCUT2D eigenvalue weighted by Crippen LogP contribution is -2.11. The second-order valence-electron chi connectivity index (χ2n) is 6.15. The molecule has 0 saturated carbocycles. The topological polar surface area (TPSA) is 29.9 Å². The quantitative estimate of drug-likeness (QED) is 0.900. The number of hydrogen-bond acceptors (Lipinski definition) is 2. The third kappa shape index (κ3) is 3.23. The molecule has 2 rings (SSSR count). The van der Waals surface area contributed by atoms with E-state index in [0.29, 0.717) is 0 Å². The second kappa shape index (κ2) is 5.60. The Morgan fingerprint density at radius 2 is 1.80 bits per heavy atom. The molecule has 0 spiro atoms. The fraction of sp³-hybridized carbons (Fsp3) is 0.438. The lowest BCUT2D eigenvalue weighted by atomic mass is 9.87.